The summed E-state index contributed by atoms with van der Waals surface area (Å²) in [5.74, 6) is -2.70. The predicted molar refractivity (Wildman–Crippen MR) is 83.3 cm³/mol. The molecule has 0 radical (unpaired) electrons. The van der Waals surface area contributed by atoms with Crippen LogP contribution in [0.5, 0.6) is 0 Å². The van der Waals surface area contributed by atoms with Crippen LogP contribution in [-0.2, 0) is 9.53 Å². The third kappa shape index (κ3) is 6.44. The Hall–Kier alpha value is -1.82. The van der Waals surface area contributed by atoms with Gasteiger partial charge in [0.25, 0.3) is 0 Å². The highest BCUT2D eigenvalue weighted by Crippen LogP contribution is 2.14. The van der Waals surface area contributed by atoms with Crippen molar-refractivity contribution in [3.8, 4) is 0 Å². The zero-order valence-electron chi connectivity index (χ0n) is 13.5. The molecular formula is C17H23F2NO3. The number of Topliss-reactive ketones (excluding diaryl/α,β-unsaturated/α-hetero) is 1. The van der Waals surface area contributed by atoms with Gasteiger partial charge >= 0.3 is 5.97 Å². The van der Waals surface area contributed by atoms with Gasteiger partial charge in [-0.2, -0.15) is 0 Å². The number of ether oxygens (including phenoxy) is 1. The lowest BCUT2D eigenvalue weighted by molar-refractivity contribution is -0.143. The molecule has 0 aliphatic rings. The Balaban J connectivity index is 2.85. The maximum atomic E-state index is 13.8. The first-order valence-electron chi connectivity index (χ1n) is 7.87. The quantitative estimate of drug-likeness (QED) is 0.407. The number of benzene rings is 1. The molecule has 0 fully saturated rings. The molecule has 1 atom stereocenters. The summed E-state index contributed by atoms with van der Waals surface area (Å²) in [5, 5.41) is 2.95. The Labute approximate surface area is 135 Å². The topological polar surface area (TPSA) is 55.4 Å². The van der Waals surface area contributed by atoms with Gasteiger partial charge in [0.15, 0.2) is 5.78 Å². The lowest BCUT2D eigenvalue weighted by Crippen LogP contribution is -2.40. The second kappa shape index (κ2) is 10.0. The monoisotopic (exact) mass is 327 g/mol. The van der Waals surface area contributed by atoms with Crippen molar-refractivity contribution in [2.24, 2.45) is 0 Å². The van der Waals surface area contributed by atoms with Crippen LogP contribution < -0.4 is 5.32 Å². The molecule has 0 bridgehead atoms. The summed E-state index contributed by atoms with van der Waals surface area (Å²) in [4.78, 5) is 24.1. The Bertz CT molecular complexity index is 535. The SMILES string of the molecule is CCCCCNC(CC(=O)OCC)C(=O)c1cc(F)ccc1F. The van der Waals surface area contributed by atoms with Gasteiger partial charge < -0.3 is 10.1 Å². The fourth-order valence-corrected chi connectivity index (χ4v) is 2.17. The van der Waals surface area contributed by atoms with Gasteiger partial charge in [-0.1, -0.05) is 19.8 Å². The summed E-state index contributed by atoms with van der Waals surface area (Å²) < 4.78 is 31.9. The number of esters is 1. The Kier molecular flexibility index (Phi) is 8.40. The van der Waals surface area contributed by atoms with Gasteiger partial charge in [-0.3, -0.25) is 9.59 Å². The number of nitrogens with one attached hydrogen (secondary N) is 1. The van der Waals surface area contributed by atoms with E-state index in [1.54, 1.807) is 6.92 Å². The molecule has 1 aromatic rings. The lowest BCUT2D eigenvalue weighted by Gasteiger charge is -2.17. The van der Waals surface area contributed by atoms with Gasteiger partial charge in [0.1, 0.15) is 11.6 Å². The largest absolute Gasteiger partial charge is 0.466 e. The van der Waals surface area contributed by atoms with E-state index in [0.717, 1.165) is 37.5 Å². The third-order valence-electron chi connectivity index (χ3n) is 3.36. The predicted octanol–water partition coefficient (Wildman–Crippen LogP) is 3.25. The van der Waals surface area contributed by atoms with E-state index in [9.17, 15) is 18.4 Å². The van der Waals surface area contributed by atoms with Crippen LogP contribution in [0, 0.1) is 11.6 Å². The van der Waals surface area contributed by atoms with Crippen LogP contribution in [0.3, 0.4) is 0 Å². The smallest absolute Gasteiger partial charge is 0.307 e. The van der Waals surface area contributed by atoms with Crippen LogP contribution in [-0.4, -0.2) is 30.9 Å². The summed E-state index contributed by atoms with van der Waals surface area (Å²) in [5.41, 5.74) is -0.359. The van der Waals surface area contributed by atoms with E-state index in [1.807, 2.05) is 6.92 Å². The van der Waals surface area contributed by atoms with E-state index in [4.69, 9.17) is 4.74 Å². The minimum Gasteiger partial charge on any atom is -0.466 e. The van der Waals surface area contributed by atoms with Crippen molar-refractivity contribution >= 4 is 11.8 Å². The maximum absolute atomic E-state index is 13.8. The number of unbranched alkanes of at least 4 members (excludes halogenated alkanes) is 2. The highest BCUT2D eigenvalue weighted by atomic mass is 19.1. The molecule has 1 rings (SSSR count). The van der Waals surface area contributed by atoms with Crippen LogP contribution in [0.1, 0.15) is 49.9 Å². The summed E-state index contributed by atoms with van der Waals surface area (Å²) in [7, 11) is 0. The number of halogens is 2. The van der Waals surface area contributed by atoms with E-state index in [-0.39, 0.29) is 18.6 Å². The lowest BCUT2D eigenvalue weighted by atomic mass is 10.0. The molecule has 0 aliphatic heterocycles. The molecular weight excluding hydrogens is 304 g/mol. The molecule has 0 amide bonds. The molecule has 128 valence electrons. The van der Waals surface area contributed by atoms with Crippen molar-refractivity contribution in [3.05, 3.63) is 35.4 Å². The average molecular weight is 327 g/mol. The van der Waals surface area contributed by atoms with E-state index < -0.39 is 29.4 Å². The molecule has 6 heteroatoms. The molecule has 0 heterocycles. The van der Waals surface area contributed by atoms with E-state index in [2.05, 4.69) is 5.32 Å². The maximum Gasteiger partial charge on any atom is 0.307 e. The van der Waals surface area contributed by atoms with Crippen molar-refractivity contribution in [3.63, 3.8) is 0 Å². The average Bonchev–Trinajstić information content (AvgIpc) is 2.52. The van der Waals surface area contributed by atoms with Crippen LogP contribution in [0.4, 0.5) is 8.78 Å². The molecule has 0 saturated carbocycles. The van der Waals surface area contributed by atoms with Crippen molar-refractivity contribution in [2.45, 2.75) is 45.6 Å². The summed E-state index contributed by atoms with van der Waals surface area (Å²) in [6.07, 6.45) is 2.60. The molecule has 23 heavy (non-hydrogen) atoms. The molecule has 0 aromatic heterocycles. The Morgan fingerprint density at radius 3 is 2.61 bits per heavy atom. The van der Waals surface area contributed by atoms with Crippen LogP contribution in [0.2, 0.25) is 0 Å². The molecule has 1 aromatic carbocycles. The normalized spacial score (nSPS) is 12.0. The Morgan fingerprint density at radius 1 is 1.22 bits per heavy atom. The van der Waals surface area contributed by atoms with Gasteiger partial charge in [0.2, 0.25) is 0 Å². The molecule has 4 nitrogen and oxygen atoms in total. The highest BCUT2D eigenvalue weighted by Gasteiger charge is 2.25. The first kappa shape index (κ1) is 19.2. The Morgan fingerprint density at radius 2 is 1.96 bits per heavy atom. The third-order valence-corrected chi connectivity index (χ3v) is 3.36. The number of ketones is 1. The molecule has 1 unspecified atom stereocenters. The van der Waals surface area contributed by atoms with E-state index in [0.29, 0.717) is 6.54 Å². The summed E-state index contributed by atoms with van der Waals surface area (Å²) in [6.45, 7) is 4.42. The van der Waals surface area contributed by atoms with Crippen molar-refractivity contribution < 1.29 is 23.1 Å². The molecule has 1 N–H and O–H groups in total. The number of carbonyl (C=O) groups is 2. The van der Waals surface area contributed by atoms with Gasteiger partial charge in [-0.05, 0) is 38.1 Å². The van der Waals surface area contributed by atoms with Crippen LogP contribution >= 0.6 is 0 Å². The summed E-state index contributed by atoms with van der Waals surface area (Å²) in [6, 6.07) is 1.77. The second-order valence-corrected chi connectivity index (χ2v) is 5.21. The minimum atomic E-state index is -0.929. The van der Waals surface area contributed by atoms with Crippen LogP contribution in [0.15, 0.2) is 18.2 Å². The van der Waals surface area contributed by atoms with Gasteiger partial charge in [0, 0.05) is 0 Å². The first-order valence-corrected chi connectivity index (χ1v) is 7.87. The van der Waals surface area contributed by atoms with E-state index in [1.165, 1.54) is 0 Å². The second-order valence-electron chi connectivity index (χ2n) is 5.21. The zero-order valence-corrected chi connectivity index (χ0v) is 13.5. The van der Waals surface area contributed by atoms with Crippen molar-refractivity contribution in [2.75, 3.05) is 13.2 Å². The molecule has 0 aliphatic carbocycles. The fourth-order valence-electron chi connectivity index (χ4n) is 2.17. The first-order chi connectivity index (χ1) is 11.0. The van der Waals surface area contributed by atoms with Gasteiger partial charge in [-0.15, -0.1) is 0 Å². The molecule has 0 saturated heterocycles. The van der Waals surface area contributed by atoms with Crippen molar-refractivity contribution in [1.82, 2.24) is 5.32 Å². The minimum absolute atomic E-state index is 0.198. The number of hydrogen-bond donors (Lipinski definition) is 1. The number of hydrogen-bond acceptors (Lipinski definition) is 4. The van der Waals surface area contributed by atoms with Crippen LogP contribution in [0.25, 0.3) is 0 Å². The van der Waals surface area contributed by atoms with E-state index >= 15 is 0 Å². The van der Waals surface area contributed by atoms with Gasteiger partial charge in [-0.25, -0.2) is 8.78 Å². The highest BCUT2D eigenvalue weighted by molar-refractivity contribution is 6.02. The zero-order chi connectivity index (χ0) is 17.2. The molecule has 0 spiro atoms. The number of carbonyl (C=O) groups excluding carboxylic acids is 2. The summed E-state index contributed by atoms with van der Waals surface area (Å²) >= 11 is 0. The standard InChI is InChI=1S/C17H23F2NO3/c1-3-5-6-9-20-15(11-16(21)23-4-2)17(22)13-10-12(18)7-8-14(13)19/h7-8,10,15,20H,3-6,9,11H2,1-2H3. The van der Waals surface area contributed by atoms with Crippen molar-refractivity contribution in [1.29, 1.82) is 0 Å². The van der Waals surface area contributed by atoms with Gasteiger partial charge in [0.05, 0.1) is 24.6 Å². The number of rotatable bonds is 10. The fraction of sp³-hybridized carbons (Fsp3) is 0.529.